The minimum atomic E-state index is -0.436. The van der Waals surface area contributed by atoms with E-state index < -0.39 is 6.10 Å². The first-order chi connectivity index (χ1) is 14.1. The van der Waals surface area contributed by atoms with Crippen LogP contribution in [0.5, 0.6) is 0 Å². The SMILES string of the molecule is O=C(Cc1ccccc1F)Nc1ccc2c(c1)CN(C(=O)C1CNCCO1)CC2. The Bertz CT molecular complexity index is 912. The molecule has 1 saturated heterocycles. The van der Waals surface area contributed by atoms with Crippen molar-refractivity contribution in [1.82, 2.24) is 10.2 Å². The van der Waals surface area contributed by atoms with Crippen molar-refractivity contribution < 1.29 is 18.7 Å². The monoisotopic (exact) mass is 397 g/mol. The molecule has 1 atom stereocenters. The van der Waals surface area contributed by atoms with Crippen molar-refractivity contribution in [2.45, 2.75) is 25.5 Å². The highest BCUT2D eigenvalue weighted by Gasteiger charge is 2.29. The van der Waals surface area contributed by atoms with E-state index in [2.05, 4.69) is 10.6 Å². The number of morpholine rings is 1. The van der Waals surface area contributed by atoms with Gasteiger partial charge in [0.1, 0.15) is 11.9 Å². The van der Waals surface area contributed by atoms with Crippen LogP contribution in [-0.2, 0) is 33.7 Å². The van der Waals surface area contributed by atoms with E-state index in [9.17, 15) is 14.0 Å². The van der Waals surface area contributed by atoms with Gasteiger partial charge in [-0.05, 0) is 41.3 Å². The summed E-state index contributed by atoms with van der Waals surface area (Å²) in [6, 6.07) is 12.0. The summed E-state index contributed by atoms with van der Waals surface area (Å²) in [7, 11) is 0. The lowest BCUT2D eigenvalue weighted by Gasteiger charge is -2.33. The van der Waals surface area contributed by atoms with Crippen LogP contribution >= 0.6 is 0 Å². The zero-order valence-corrected chi connectivity index (χ0v) is 16.1. The van der Waals surface area contributed by atoms with Crippen molar-refractivity contribution in [3.05, 3.63) is 65.0 Å². The van der Waals surface area contributed by atoms with Crippen LogP contribution in [-0.4, -0.2) is 49.1 Å². The molecule has 2 aliphatic rings. The minimum absolute atomic E-state index is 0.00292. The second-order valence-corrected chi connectivity index (χ2v) is 7.37. The lowest BCUT2D eigenvalue weighted by molar-refractivity contribution is -0.146. The molecule has 2 amide bonds. The van der Waals surface area contributed by atoms with Gasteiger partial charge in [0.25, 0.3) is 5.91 Å². The summed E-state index contributed by atoms with van der Waals surface area (Å²) in [5.41, 5.74) is 3.19. The minimum Gasteiger partial charge on any atom is -0.366 e. The fourth-order valence-electron chi connectivity index (χ4n) is 3.77. The maximum atomic E-state index is 13.8. The Morgan fingerprint density at radius 2 is 2.07 bits per heavy atom. The fourth-order valence-corrected chi connectivity index (χ4v) is 3.77. The molecule has 152 valence electrons. The van der Waals surface area contributed by atoms with Gasteiger partial charge in [0, 0.05) is 31.9 Å². The summed E-state index contributed by atoms with van der Waals surface area (Å²) >= 11 is 0. The van der Waals surface area contributed by atoms with E-state index in [4.69, 9.17) is 4.74 Å². The Morgan fingerprint density at radius 3 is 2.86 bits per heavy atom. The molecule has 4 rings (SSSR count). The Balaban J connectivity index is 1.41. The average molecular weight is 397 g/mol. The van der Waals surface area contributed by atoms with E-state index >= 15 is 0 Å². The van der Waals surface area contributed by atoms with Crippen molar-refractivity contribution in [3.63, 3.8) is 0 Å². The smallest absolute Gasteiger partial charge is 0.253 e. The molecule has 0 bridgehead atoms. The summed E-state index contributed by atoms with van der Waals surface area (Å²) in [5.74, 6) is -0.668. The number of hydrogen-bond donors (Lipinski definition) is 2. The van der Waals surface area contributed by atoms with Gasteiger partial charge in [0.15, 0.2) is 0 Å². The molecular weight excluding hydrogens is 373 g/mol. The number of anilines is 1. The Morgan fingerprint density at radius 1 is 1.21 bits per heavy atom. The zero-order valence-electron chi connectivity index (χ0n) is 16.1. The second-order valence-electron chi connectivity index (χ2n) is 7.37. The molecule has 2 N–H and O–H groups in total. The van der Waals surface area contributed by atoms with Crippen LogP contribution in [0.4, 0.5) is 10.1 Å². The second kappa shape index (κ2) is 8.71. The van der Waals surface area contributed by atoms with Crippen LogP contribution in [0.1, 0.15) is 16.7 Å². The first kappa shape index (κ1) is 19.5. The number of nitrogens with zero attached hydrogens (tertiary/aromatic N) is 1. The molecule has 2 aromatic rings. The summed E-state index contributed by atoms with van der Waals surface area (Å²) in [6.45, 7) is 2.99. The lowest BCUT2D eigenvalue weighted by atomic mass is 9.98. The Labute approximate surface area is 169 Å². The molecule has 0 radical (unpaired) electrons. The molecule has 0 saturated carbocycles. The van der Waals surface area contributed by atoms with Crippen molar-refractivity contribution in [2.75, 3.05) is 31.6 Å². The molecule has 2 heterocycles. The van der Waals surface area contributed by atoms with Crippen LogP contribution < -0.4 is 10.6 Å². The largest absolute Gasteiger partial charge is 0.366 e. The molecule has 1 fully saturated rings. The number of rotatable bonds is 4. The van der Waals surface area contributed by atoms with Crippen molar-refractivity contribution in [3.8, 4) is 0 Å². The number of hydrogen-bond acceptors (Lipinski definition) is 4. The van der Waals surface area contributed by atoms with Gasteiger partial charge in [-0.1, -0.05) is 24.3 Å². The fraction of sp³-hybridized carbons (Fsp3) is 0.364. The number of carbonyl (C=O) groups excluding carboxylic acids is 2. The van der Waals surface area contributed by atoms with Gasteiger partial charge in [-0.25, -0.2) is 4.39 Å². The standard InChI is InChI=1S/C22H24FN3O3/c23-19-4-2-1-3-16(19)12-21(27)25-18-6-5-15-7-9-26(14-17(15)11-18)22(28)20-13-24-8-10-29-20/h1-6,11,20,24H,7-10,12-14H2,(H,25,27). The van der Waals surface area contributed by atoms with Gasteiger partial charge in [0.2, 0.25) is 5.91 Å². The van der Waals surface area contributed by atoms with Crippen LogP contribution in [0.3, 0.4) is 0 Å². The summed E-state index contributed by atoms with van der Waals surface area (Å²) in [6.07, 6.45) is 0.305. The third-order valence-corrected chi connectivity index (χ3v) is 5.33. The number of amides is 2. The summed E-state index contributed by atoms with van der Waals surface area (Å²) in [4.78, 5) is 26.8. The molecule has 29 heavy (non-hydrogen) atoms. The molecule has 2 aliphatic heterocycles. The van der Waals surface area contributed by atoms with Gasteiger partial charge < -0.3 is 20.3 Å². The highest BCUT2D eigenvalue weighted by molar-refractivity contribution is 5.92. The molecule has 0 spiro atoms. The van der Waals surface area contributed by atoms with Crippen molar-refractivity contribution in [1.29, 1.82) is 0 Å². The normalized spacial score (nSPS) is 18.8. The quantitative estimate of drug-likeness (QED) is 0.827. The highest BCUT2D eigenvalue weighted by atomic mass is 19.1. The maximum absolute atomic E-state index is 13.8. The van der Waals surface area contributed by atoms with E-state index in [0.717, 1.165) is 18.5 Å². The van der Waals surface area contributed by atoms with Crippen LogP contribution in [0.15, 0.2) is 42.5 Å². The van der Waals surface area contributed by atoms with E-state index in [-0.39, 0.29) is 24.1 Å². The molecule has 7 heteroatoms. The average Bonchev–Trinajstić information content (AvgIpc) is 2.75. The van der Waals surface area contributed by atoms with Gasteiger partial charge in [-0.2, -0.15) is 0 Å². The van der Waals surface area contributed by atoms with Crippen LogP contribution in [0, 0.1) is 5.82 Å². The molecular formula is C22H24FN3O3. The van der Waals surface area contributed by atoms with E-state index in [0.29, 0.717) is 37.5 Å². The van der Waals surface area contributed by atoms with Gasteiger partial charge in [-0.3, -0.25) is 9.59 Å². The number of carbonyl (C=O) groups is 2. The lowest BCUT2D eigenvalue weighted by Crippen LogP contribution is -2.50. The highest BCUT2D eigenvalue weighted by Crippen LogP contribution is 2.24. The molecule has 0 aromatic heterocycles. The number of halogens is 1. The number of benzene rings is 2. The maximum Gasteiger partial charge on any atom is 0.253 e. The third-order valence-electron chi connectivity index (χ3n) is 5.33. The predicted molar refractivity (Wildman–Crippen MR) is 107 cm³/mol. The topological polar surface area (TPSA) is 70.7 Å². The summed E-state index contributed by atoms with van der Waals surface area (Å²) < 4.78 is 19.3. The predicted octanol–water partition coefficient (Wildman–Crippen LogP) is 1.88. The van der Waals surface area contributed by atoms with Gasteiger partial charge in [0.05, 0.1) is 13.0 Å². The summed E-state index contributed by atoms with van der Waals surface area (Å²) in [5, 5.41) is 6.01. The van der Waals surface area contributed by atoms with Crippen molar-refractivity contribution >= 4 is 17.5 Å². The van der Waals surface area contributed by atoms with E-state index in [1.54, 1.807) is 18.2 Å². The zero-order chi connectivity index (χ0) is 20.2. The molecule has 1 unspecified atom stereocenters. The number of fused-ring (bicyclic) bond motifs is 1. The van der Waals surface area contributed by atoms with Gasteiger partial charge >= 0.3 is 0 Å². The van der Waals surface area contributed by atoms with Crippen LogP contribution in [0.25, 0.3) is 0 Å². The molecule has 6 nitrogen and oxygen atoms in total. The van der Waals surface area contributed by atoms with E-state index in [1.807, 2.05) is 23.1 Å². The molecule has 2 aromatic carbocycles. The number of nitrogens with one attached hydrogen (secondary N) is 2. The third kappa shape index (κ3) is 4.63. The Kier molecular flexibility index (Phi) is 5.87. The first-order valence-corrected chi connectivity index (χ1v) is 9.86. The van der Waals surface area contributed by atoms with Crippen molar-refractivity contribution in [2.24, 2.45) is 0 Å². The first-order valence-electron chi connectivity index (χ1n) is 9.86. The Hall–Kier alpha value is -2.77. The number of ether oxygens (including phenoxy) is 1. The van der Waals surface area contributed by atoms with E-state index in [1.165, 1.54) is 11.6 Å². The molecule has 0 aliphatic carbocycles. The van der Waals surface area contributed by atoms with Crippen LogP contribution in [0.2, 0.25) is 0 Å². The van der Waals surface area contributed by atoms with Gasteiger partial charge in [-0.15, -0.1) is 0 Å².